The van der Waals surface area contributed by atoms with E-state index in [2.05, 4.69) is 15.1 Å². The summed E-state index contributed by atoms with van der Waals surface area (Å²) < 4.78 is 1.68. The molecule has 5 rings (SSSR count). The van der Waals surface area contributed by atoms with Crippen molar-refractivity contribution >= 4 is 11.8 Å². The molecule has 4 heterocycles. The molecule has 2 amide bonds. The van der Waals surface area contributed by atoms with Crippen molar-refractivity contribution in [1.29, 1.82) is 0 Å². The molecular weight excluding hydrogens is 380 g/mol. The first-order valence-corrected chi connectivity index (χ1v) is 10.2. The normalized spacial score (nSPS) is 20.4. The third-order valence-electron chi connectivity index (χ3n) is 5.95. The Morgan fingerprint density at radius 1 is 0.867 bits per heavy atom. The first-order chi connectivity index (χ1) is 14.7. The maximum atomic E-state index is 13.4. The van der Waals surface area contributed by atoms with Crippen LogP contribution in [0.2, 0.25) is 0 Å². The number of rotatable bonds is 4. The first-order valence-electron chi connectivity index (χ1n) is 10.2. The molecule has 8 heteroatoms. The summed E-state index contributed by atoms with van der Waals surface area (Å²) in [5, 5.41) is 4.35. The van der Waals surface area contributed by atoms with Crippen molar-refractivity contribution in [3.63, 3.8) is 0 Å². The summed E-state index contributed by atoms with van der Waals surface area (Å²) in [7, 11) is 0. The third-order valence-corrected chi connectivity index (χ3v) is 5.95. The van der Waals surface area contributed by atoms with Gasteiger partial charge >= 0.3 is 0 Å². The number of nitrogens with zero attached hydrogens (tertiary/aromatic N) is 6. The molecule has 1 aromatic carbocycles. The lowest BCUT2D eigenvalue weighted by molar-refractivity contribution is -0.131. The Morgan fingerprint density at radius 2 is 1.57 bits per heavy atom. The maximum absolute atomic E-state index is 13.4. The van der Waals surface area contributed by atoms with Gasteiger partial charge in [0.1, 0.15) is 11.5 Å². The molecule has 0 aliphatic carbocycles. The average Bonchev–Trinajstić information content (AvgIpc) is 3.51. The van der Waals surface area contributed by atoms with Crippen LogP contribution >= 0.6 is 0 Å². The zero-order chi connectivity index (χ0) is 20.5. The van der Waals surface area contributed by atoms with Gasteiger partial charge in [-0.3, -0.25) is 9.59 Å². The Hall–Kier alpha value is -3.55. The lowest BCUT2D eigenvalue weighted by atomic mass is 10.1. The molecule has 2 aliphatic heterocycles. The summed E-state index contributed by atoms with van der Waals surface area (Å²) in [6, 6.07) is 13.2. The predicted octanol–water partition coefficient (Wildman–Crippen LogP) is 1.72. The number of hydrogen-bond donors (Lipinski definition) is 0. The van der Waals surface area contributed by atoms with Crippen molar-refractivity contribution in [3.05, 3.63) is 72.6 Å². The van der Waals surface area contributed by atoms with Crippen LogP contribution in [-0.4, -0.2) is 66.5 Å². The Bertz CT molecular complexity index is 1050. The summed E-state index contributed by atoms with van der Waals surface area (Å²) >= 11 is 0. The summed E-state index contributed by atoms with van der Waals surface area (Å²) in [6.07, 6.45) is 6.72. The summed E-state index contributed by atoms with van der Waals surface area (Å²) in [5.74, 6) is 0.519. The highest BCUT2D eigenvalue weighted by Crippen LogP contribution is 2.33. The lowest BCUT2D eigenvalue weighted by Crippen LogP contribution is -2.42. The van der Waals surface area contributed by atoms with E-state index in [1.807, 2.05) is 40.1 Å². The summed E-state index contributed by atoms with van der Waals surface area (Å²) in [5.41, 5.74) is 1.40. The van der Waals surface area contributed by atoms with E-state index in [0.717, 1.165) is 18.5 Å². The number of para-hydroxylation sites is 1. The van der Waals surface area contributed by atoms with Gasteiger partial charge in [-0.25, -0.2) is 14.6 Å². The smallest absolute Gasteiger partial charge is 0.272 e. The number of aromatic nitrogens is 4. The molecule has 152 valence electrons. The third kappa shape index (κ3) is 3.24. The predicted molar refractivity (Wildman–Crippen MR) is 109 cm³/mol. The Kier molecular flexibility index (Phi) is 4.74. The van der Waals surface area contributed by atoms with Crippen LogP contribution in [0.1, 0.15) is 29.2 Å². The molecule has 2 aliphatic rings. The minimum absolute atomic E-state index is 0.0253. The SMILES string of the molecule is O=C(Cc1ncccn1)N1CC[C@@H]2[C@H]1CCN2C(=O)c1ccnn1-c1ccccc1. The number of carbonyl (C=O) groups is 2. The van der Waals surface area contributed by atoms with Gasteiger partial charge in [0.05, 0.1) is 30.4 Å². The van der Waals surface area contributed by atoms with Crippen molar-refractivity contribution in [2.45, 2.75) is 31.3 Å². The maximum Gasteiger partial charge on any atom is 0.272 e. The zero-order valence-corrected chi connectivity index (χ0v) is 16.5. The van der Waals surface area contributed by atoms with Gasteiger partial charge in [0.15, 0.2) is 0 Å². The fourth-order valence-electron chi connectivity index (χ4n) is 4.59. The number of carbonyl (C=O) groups excluding carboxylic acids is 2. The van der Waals surface area contributed by atoms with Gasteiger partial charge in [-0.15, -0.1) is 0 Å². The van der Waals surface area contributed by atoms with E-state index in [4.69, 9.17) is 0 Å². The van der Waals surface area contributed by atoms with Crippen LogP contribution in [0.5, 0.6) is 0 Å². The molecule has 30 heavy (non-hydrogen) atoms. The molecule has 0 bridgehead atoms. The Morgan fingerprint density at radius 3 is 2.33 bits per heavy atom. The molecule has 2 aromatic heterocycles. The summed E-state index contributed by atoms with van der Waals surface area (Å²) in [4.78, 5) is 38.3. The molecular formula is C22H22N6O2. The molecule has 0 saturated carbocycles. The van der Waals surface area contributed by atoms with Crippen molar-refractivity contribution < 1.29 is 9.59 Å². The van der Waals surface area contributed by atoms with Crippen molar-refractivity contribution in [2.75, 3.05) is 13.1 Å². The molecule has 2 fully saturated rings. The minimum Gasteiger partial charge on any atom is -0.337 e. The second-order valence-electron chi connectivity index (χ2n) is 7.60. The number of benzene rings is 1. The molecule has 0 spiro atoms. The van der Waals surface area contributed by atoms with E-state index in [9.17, 15) is 9.59 Å². The van der Waals surface area contributed by atoms with Crippen LogP contribution in [0.25, 0.3) is 5.69 Å². The highest BCUT2D eigenvalue weighted by molar-refractivity contribution is 5.94. The van der Waals surface area contributed by atoms with Crippen LogP contribution in [0.4, 0.5) is 0 Å². The van der Waals surface area contributed by atoms with Gasteiger partial charge in [0.2, 0.25) is 5.91 Å². The quantitative estimate of drug-likeness (QED) is 0.664. The lowest BCUT2D eigenvalue weighted by Gasteiger charge is -2.25. The zero-order valence-electron chi connectivity index (χ0n) is 16.5. The molecule has 0 radical (unpaired) electrons. The summed E-state index contributed by atoms with van der Waals surface area (Å²) in [6.45, 7) is 1.29. The highest BCUT2D eigenvalue weighted by atomic mass is 16.2. The minimum atomic E-state index is -0.0375. The van der Waals surface area contributed by atoms with Crippen molar-refractivity contribution in [2.24, 2.45) is 0 Å². The van der Waals surface area contributed by atoms with Gasteiger partial charge in [-0.05, 0) is 37.1 Å². The van der Waals surface area contributed by atoms with Crippen LogP contribution < -0.4 is 0 Å². The van der Waals surface area contributed by atoms with Crippen LogP contribution in [-0.2, 0) is 11.2 Å². The van der Waals surface area contributed by atoms with E-state index in [1.165, 1.54) is 0 Å². The van der Waals surface area contributed by atoms with Crippen LogP contribution in [0, 0.1) is 0 Å². The van der Waals surface area contributed by atoms with Gasteiger partial charge in [-0.2, -0.15) is 5.10 Å². The fraction of sp³-hybridized carbons (Fsp3) is 0.318. The average molecular weight is 402 g/mol. The van der Waals surface area contributed by atoms with Gasteiger partial charge in [-0.1, -0.05) is 18.2 Å². The Balaban J connectivity index is 1.32. The van der Waals surface area contributed by atoms with Gasteiger partial charge in [0, 0.05) is 25.5 Å². The van der Waals surface area contributed by atoms with E-state index < -0.39 is 0 Å². The van der Waals surface area contributed by atoms with Gasteiger partial charge in [0.25, 0.3) is 5.91 Å². The van der Waals surface area contributed by atoms with Gasteiger partial charge < -0.3 is 9.80 Å². The largest absolute Gasteiger partial charge is 0.337 e. The van der Waals surface area contributed by atoms with Crippen molar-refractivity contribution in [3.8, 4) is 5.69 Å². The fourth-order valence-corrected chi connectivity index (χ4v) is 4.59. The van der Waals surface area contributed by atoms with E-state index in [-0.39, 0.29) is 30.3 Å². The molecule has 3 aromatic rings. The van der Waals surface area contributed by atoms with Crippen LogP contribution in [0.3, 0.4) is 0 Å². The number of likely N-dealkylation sites (tertiary alicyclic amines) is 2. The Labute approximate surface area is 174 Å². The second kappa shape index (κ2) is 7.70. The first kappa shape index (κ1) is 18.5. The number of fused-ring (bicyclic) bond motifs is 1. The van der Waals surface area contributed by atoms with E-state index in [0.29, 0.717) is 24.6 Å². The number of hydrogen-bond acceptors (Lipinski definition) is 5. The van der Waals surface area contributed by atoms with E-state index >= 15 is 0 Å². The molecule has 0 unspecified atom stereocenters. The topological polar surface area (TPSA) is 84.2 Å². The number of amides is 2. The second-order valence-corrected chi connectivity index (χ2v) is 7.60. The van der Waals surface area contributed by atoms with E-state index in [1.54, 1.807) is 35.4 Å². The molecule has 2 saturated heterocycles. The van der Waals surface area contributed by atoms with Crippen molar-refractivity contribution in [1.82, 2.24) is 29.5 Å². The molecule has 0 N–H and O–H groups in total. The monoisotopic (exact) mass is 402 g/mol. The highest BCUT2D eigenvalue weighted by Gasteiger charge is 2.46. The standard InChI is InChI=1S/C22H22N6O2/c29-21(15-20-23-10-4-11-24-20)26-13-8-18-17(26)9-14-27(18)22(30)19-7-12-25-28(19)16-5-2-1-3-6-16/h1-7,10-12,17-18H,8-9,13-15H2/t17-,18-/m1/s1. The molecule has 2 atom stereocenters. The molecule has 8 nitrogen and oxygen atoms in total. The van der Waals surface area contributed by atoms with Crippen LogP contribution in [0.15, 0.2) is 61.1 Å².